The van der Waals surface area contributed by atoms with Gasteiger partial charge in [-0.1, -0.05) is 42.5 Å². The van der Waals surface area contributed by atoms with E-state index < -0.39 is 0 Å². The summed E-state index contributed by atoms with van der Waals surface area (Å²) in [4.78, 5) is 0. The number of fused-ring (bicyclic) bond motifs is 3. The van der Waals surface area contributed by atoms with Crippen LogP contribution in [0.25, 0.3) is 11.1 Å². The molecular weight excluding hydrogens is 220 g/mol. The molecule has 2 heteroatoms. The summed E-state index contributed by atoms with van der Waals surface area (Å²) in [6, 6.07) is 12.3. The zero-order valence-electron chi connectivity index (χ0n) is 10.2. The molecule has 4 N–H and O–H groups in total. The third kappa shape index (κ3) is 1.39. The van der Waals surface area contributed by atoms with Gasteiger partial charge in [-0.15, -0.1) is 6.58 Å². The number of nitrogens with two attached hydrogens (primary N) is 2. The molecule has 2 nitrogen and oxygen atoms in total. The van der Waals surface area contributed by atoms with Crippen LogP contribution in [0.2, 0.25) is 0 Å². The van der Waals surface area contributed by atoms with Gasteiger partial charge >= 0.3 is 0 Å². The van der Waals surface area contributed by atoms with Gasteiger partial charge in [0.25, 0.3) is 0 Å². The first-order valence-corrected chi connectivity index (χ1v) is 6.11. The second-order valence-corrected chi connectivity index (χ2v) is 4.66. The van der Waals surface area contributed by atoms with E-state index in [0.717, 1.165) is 28.8 Å². The van der Waals surface area contributed by atoms with Gasteiger partial charge in [0.2, 0.25) is 0 Å². The van der Waals surface area contributed by atoms with Crippen molar-refractivity contribution in [1.82, 2.24) is 0 Å². The zero-order valence-corrected chi connectivity index (χ0v) is 10.2. The highest BCUT2D eigenvalue weighted by Crippen LogP contribution is 2.45. The highest BCUT2D eigenvalue weighted by atomic mass is 14.7. The molecule has 0 amide bonds. The van der Waals surface area contributed by atoms with Crippen LogP contribution in [0.3, 0.4) is 0 Å². The monoisotopic (exact) mass is 236 g/mol. The Balaban J connectivity index is 2.24. The smallest absolute Gasteiger partial charge is 0.0584 e. The van der Waals surface area contributed by atoms with E-state index >= 15 is 0 Å². The van der Waals surface area contributed by atoms with E-state index in [-0.39, 0.29) is 6.04 Å². The first kappa shape index (κ1) is 11.1. The van der Waals surface area contributed by atoms with Crippen LogP contribution in [-0.2, 0) is 6.42 Å². The van der Waals surface area contributed by atoms with Gasteiger partial charge in [-0.25, -0.2) is 0 Å². The fraction of sp³-hybridized carbons (Fsp3) is 0.125. The molecule has 1 atom stereocenters. The SMILES string of the molecule is C=CCc1ccc2c(c1N)C(N)c1ccccc1-2. The second-order valence-electron chi connectivity index (χ2n) is 4.66. The summed E-state index contributed by atoms with van der Waals surface area (Å²) in [6.45, 7) is 3.76. The van der Waals surface area contributed by atoms with Crippen LogP contribution in [0.5, 0.6) is 0 Å². The molecule has 0 aliphatic heterocycles. The number of nitrogen functional groups attached to an aromatic ring is 1. The molecule has 0 bridgehead atoms. The van der Waals surface area contributed by atoms with Crippen molar-refractivity contribution in [3.8, 4) is 11.1 Å². The maximum Gasteiger partial charge on any atom is 0.0584 e. The van der Waals surface area contributed by atoms with Crippen LogP contribution < -0.4 is 11.5 Å². The van der Waals surface area contributed by atoms with Crippen molar-refractivity contribution in [3.63, 3.8) is 0 Å². The molecule has 0 spiro atoms. The summed E-state index contributed by atoms with van der Waals surface area (Å²) in [7, 11) is 0. The van der Waals surface area contributed by atoms with E-state index in [4.69, 9.17) is 11.5 Å². The van der Waals surface area contributed by atoms with Crippen LogP contribution in [-0.4, -0.2) is 0 Å². The van der Waals surface area contributed by atoms with Crippen LogP contribution in [0.15, 0.2) is 49.1 Å². The van der Waals surface area contributed by atoms with E-state index in [1.807, 2.05) is 18.2 Å². The first-order valence-electron chi connectivity index (χ1n) is 6.11. The average molecular weight is 236 g/mol. The van der Waals surface area contributed by atoms with E-state index in [1.54, 1.807) is 0 Å². The van der Waals surface area contributed by atoms with Crippen molar-refractivity contribution < 1.29 is 0 Å². The summed E-state index contributed by atoms with van der Waals surface area (Å²) >= 11 is 0. The molecule has 0 saturated heterocycles. The average Bonchev–Trinajstić information content (AvgIpc) is 2.68. The summed E-state index contributed by atoms with van der Waals surface area (Å²) < 4.78 is 0. The van der Waals surface area contributed by atoms with E-state index in [1.165, 1.54) is 11.1 Å². The van der Waals surface area contributed by atoms with Gasteiger partial charge in [0.05, 0.1) is 6.04 Å². The minimum absolute atomic E-state index is 0.110. The fourth-order valence-corrected chi connectivity index (χ4v) is 2.75. The molecule has 2 aromatic carbocycles. The molecule has 1 unspecified atom stereocenters. The molecule has 0 fully saturated rings. The minimum Gasteiger partial charge on any atom is -0.398 e. The van der Waals surface area contributed by atoms with Gasteiger partial charge < -0.3 is 11.5 Å². The van der Waals surface area contributed by atoms with E-state index in [2.05, 4.69) is 30.8 Å². The van der Waals surface area contributed by atoms with E-state index in [9.17, 15) is 0 Å². The number of hydrogen-bond acceptors (Lipinski definition) is 2. The zero-order chi connectivity index (χ0) is 12.7. The van der Waals surface area contributed by atoms with Crippen molar-refractivity contribution in [2.24, 2.45) is 5.73 Å². The molecule has 1 aliphatic rings. The Kier molecular flexibility index (Phi) is 2.46. The van der Waals surface area contributed by atoms with Gasteiger partial charge in [0.15, 0.2) is 0 Å². The molecule has 0 radical (unpaired) electrons. The summed E-state index contributed by atoms with van der Waals surface area (Å²) in [5.41, 5.74) is 19.1. The lowest BCUT2D eigenvalue weighted by Gasteiger charge is -2.13. The Morgan fingerprint density at radius 1 is 1.11 bits per heavy atom. The number of anilines is 1. The first-order chi connectivity index (χ1) is 8.74. The molecule has 0 heterocycles. The third-order valence-electron chi connectivity index (χ3n) is 3.64. The summed E-state index contributed by atoms with van der Waals surface area (Å²) in [6.07, 6.45) is 2.65. The number of rotatable bonds is 2. The van der Waals surface area contributed by atoms with Crippen LogP contribution >= 0.6 is 0 Å². The minimum atomic E-state index is -0.110. The van der Waals surface area contributed by atoms with Crippen molar-refractivity contribution >= 4 is 5.69 Å². The molecule has 0 aromatic heterocycles. The molecule has 90 valence electrons. The predicted octanol–water partition coefficient (Wildman–Crippen LogP) is 3.03. The maximum atomic E-state index is 6.32. The Morgan fingerprint density at radius 2 is 1.89 bits per heavy atom. The van der Waals surface area contributed by atoms with Crippen LogP contribution in [0, 0.1) is 0 Å². The number of benzene rings is 2. The predicted molar refractivity (Wildman–Crippen MR) is 76.2 cm³/mol. The Hall–Kier alpha value is -2.06. The normalized spacial score (nSPS) is 16.2. The molecule has 1 aliphatic carbocycles. The topological polar surface area (TPSA) is 52.0 Å². The maximum absolute atomic E-state index is 6.32. The number of allylic oxidation sites excluding steroid dienone is 1. The van der Waals surface area contributed by atoms with Gasteiger partial charge in [0, 0.05) is 11.3 Å². The van der Waals surface area contributed by atoms with Crippen LogP contribution in [0.4, 0.5) is 5.69 Å². The van der Waals surface area contributed by atoms with Crippen molar-refractivity contribution in [3.05, 3.63) is 65.7 Å². The van der Waals surface area contributed by atoms with Gasteiger partial charge in [-0.3, -0.25) is 0 Å². The summed E-state index contributed by atoms with van der Waals surface area (Å²) in [5.74, 6) is 0. The fourth-order valence-electron chi connectivity index (χ4n) is 2.75. The van der Waals surface area contributed by atoms with Crippen molar-refractivity contribution in [2.45, 2.75) is 12.5 Å². The highest BCUT2D eigenvalue weighted by Gasteiger charge is 2.28. The van der Waals surface area contributed by atoms with Gasteiger partial charge in [-0.2, -0.15) is 0 Å². The molecule has 18 heavy (non-hydrogen) atoms. The molecular formula is C16H16N2. The Morgan fingerprint density at radius 3 is 2.67 bits per heavy atom. The largest absolute Gasteiger partial charge is 0.398 e. The lowest BCUT2D eigenvalue weighted by atomic mass is 9.98. The van der Waals surface area contributed by atoms with Gasteiger partial charge in [0.1, 0.15) is 0 Å². The molecule has 0 saturated carbocycles. The Labute approximate surface area is 107 Å². The molecule has 3 rings (SSSR count). The second kappa shape index (κ2) is 4.00. The van der Waals surface area contributed by atoms with E-state index in [0.29, 0.717) is 0 Å². The van der Waals surface area contributed by atoms with Crippen molar-refractivity contribution in [1.29, 1.82) is 0 Å². The third-order valence-corrected chi connectivity index (χ3v) is 3.64. The molecule has 2 aromatic rings. The van der Waals surface area contributed by atoms with Crippen molar-refractivity contribution in [2.75, 3.05) is 5.73 Å². The summed E-state index contributed by atoms with van der Waals surface area (Å²) in [5, 5.41) is 0. The lowest BCUT2D eigenvalue weighted by molar-refractivity contribution is 0.901. The highest BCUT2D eigenvalue weighted by molar-refractivity contribution is 5.84. The Bertz CT molecular complexity index is 629. The number of hydrogen-bond donors (Lipinski definition) is 2. The lowest BCUT2D eigenvalue weighted by Crippen LogP contribution is -2.11. The van der Waals surface area contributed by atoms with Crippen LogP contribution in [0.1, 0.15) is 22.7 Å². The van der Waals surface area contributed by atoms with Gasteiger partial charge in [-0.05, 0) is 28.7 Å². The quantitative estimate of drug-likeness (QED) is 0.622. The standard InChI is InChI=1S/C16H16N2/c1-2-5-10-8-9-12-11-6-3-4-7-13(11)16(18)14(12)15(10)17/h2-4,6-9,16H,1,5,17-18H2.